The zero-order valence-corrected chi connectivity index (χ0v) is 16.3. The molecular formula is C21H22ClN5O. The van der Waals surface area contributed by atoms with E-state index < -0.39 is 0 Å². The van der Waals surface area contributed by atoms with Crippen LogP contribution in [0.15, 0.2) is 55.1 Å². The van der Waals surface area contributed by atoms with Gasteiger partial charge in [-0.2, -0.15) is 5.10 Å². The minimum atomic E-state index is -0.158. The Morgan fingerprint density at radius 2 is 1.86 bits per heavy atom. The molecule has 0 unspecified atom stereocenters. The Balaban J connectivity index is 1.41. The van der Waals surface area contributed by atoms with Crippen molar-refractivity contribution in [3.05, 3.63) is 71.3 Å². The summed E-state index contributed by atoms with van der Waals surface area (Å²) >= 11 is 6.47. The summed E-state index contributed by atoms with van der Waals surface area (Å²) in [7, 11) is 0. The fraction of sp³-hybridized carbons (Fsp3) is 0.286. The smallest absolute Gasteiger partial charge is 0.255 e. The van der Waals surface area contributed by atoms with Crippen molar-refractivity contribution in [2.45, 2.75) is 25.8 Å². The minimum Gasteiger partial charge on any atom is -0.370 e. The number of halogens is 1. The van der Waals surface area contributed by atoms with Crippen LogP contribution in [-0.2, 0) is 6.54 Å². The molecule has 4 rings (SSSR count). The maximum atomic E-state index is 12.5. The zero-order chi connectivity index (χ0) is 19.3. The number of amides is 1. The van der Waals surface area contributed by atoms with E-state index in [-0.39, 0.29) is 5.91 Å². The molecule has 1 aliphatic heterocycles. The summed E-state index contributed by atoms with van der Waals surface area (Å²) in [5.41, 5.74) is 3.38. The van der Waals surface area contributed by atoms with Gasteiger partial charge in [0.2, 0.25) is 0 Å². The average molecular weight is 396 g/mol. The van der Waals surface area contributed by atoms with Gasteiger partial charge in [0.15, 0.2) is 0 Å². The molecule has 0 radical (unpaired) electrons. The molecule has 1 N–H and O–H groups in total. The van der Waals surface area contributed by atoms with E-state index in [1.54, 1.807) is 11.0 Å². The molecule has 7 heteroatoms. The van der Waals surface area contributed by atoms with Crippen LogP contribution in [0.5, 0.6) is 0 Å². The van der Waals surface area contributed by atoms with Crippen LogP contribution in [0, 0.1) is 0 Å². The number of carbonyl (C=O) groups excluding carboxylic acids is 1. The quantitative estimate of drug-likeness (QED) is 0.702. The first kappa shape index (κ1) is 18.5. The summed E-state index contributed by atoms with van der Waals surface area (Å²) in [6, 6.07) is 13.2. The third-order valence-electron chi connectivity index (χ3n) is 4.93. The summed E-state index contributed by atoms with van der Waals surface area (Å²) in [4.78, 5) is 18.8. The summed E-state index contributed by atoms with van der Waals surface area (Å²) in [6.45, 7) is 2.69. The lowest BCUT2D eigenvalue weighted by molar-refractivity contribution is 0.102. The van der Waals surface area contributed by atoms with Gasteiger partial charge < -0.3 is 10.2 Å². The third-order valence-corrected chi connectivity index (χ3v) is 5.23. The van der Waals surface area contributed by atoms with Gasteiger partial charge in [0, 0.05) is 24.3 Å². The number of nitrogens with zero attached hydrogens (tertiary/aromatic N) is 4. The van der Waals surface area contributed by atoms with Crippen LogP contribution in [0.1, 0.15) is 35.2 Å². The molecule has 1 aromatic heterocycles. The monoisotopic (exact) mass is 395 g/mol. The molecule has 0 bridgehead atoms. The largest absolute Gasteiger partial charge is 0.370 e. The second-order valence-corrected chi connectivity index (χ2v) is 7.37. The molecule has 28 heavy (non-hydrogen) atoms. The lowest BCUT2D eigenvalue weighted by Gasteiger charge is -2.29. The van der Waals surface area contributed by atoms with Crippen molar-refractivity contribution in [1.29, 1.82) is 0 Å². The SMILES string of the molecule is O=C(Nc1ccc(N2CCCCC2)c(Cl)c1)c1ccc(Cn2cncn2)cc1. The van der Waals surface area contributed by atoms with Crippen LogP contribution in [0.25, 0.3) is 0 Å². The van der Waals surface area contributed by atoms with Gasteiger partial charge in [0.05, 0.1) is 17.3 Å². The first-order valence-corrected chi connectivity index (χ1v) is 9.84. The van der Waals surface area contributed by atoms with Crippen LogP contribution in [0.3, 0.4) is 0 Å². The van der Waals surface area contributed by atoms with E-state index in [0.717, 1.165) is 24.3 Å². The van der Waals surface area contributed by atoms with Gasteiger partial charge in [0.1, 0.15) is 12.7 Å². The maximum absolute atomic E-state index is 12.5. The van der Waals surface area contributed by atoms with Crippen molar-refractivity contribution in [2.24, 2.45) is 0 Å². The number of nitrogens with one attached hydrogen (secondary N) is 1. The molecule has 0 atom stereocenters. The number of anilines is 2. The number of aromatic nitrogens is 3. The molecule has 1 amide bonds. The van der Waals surface area contributed by atoms with E-state index in [1.165, 1.54) is 25.6 Å². The van der Waals surface area contributed by atoms with Crippen molar-refractivity contribution in [3.63, 3.8) is 0 Å². The van der Waals surface area contributed by atoms with Gasteiger partial charge in [-0.3, -0.25) is 4.79 Å². The van der Waals surface area contributed by atoms with Crippen LogP contribution in [-0.4, -0.2) is 33.8 Å². The molecule has 1 fully saturated rings. The Kier molecular flexibility index (Phi) is 5.58. The maximum Gasteiger partial charge on any atom is 0.255 e. The predicted molar refractivity (Wildman–Crippen MR) is 111 cm³/mol. The Bertz CT molecular complexity index is 934. The predicted octanol–water partition coefficient (Wildman–Crippen LogP) is 4.22. The first-order chi connectivity index (χ1) is 13.7. The highest BCUT2D eigenvalue weighted by molar-refractivity contribution is 6.33. The molecule has 2 aromatic carbocycles. The second-order valence-electron chi connectivity index (χ2n) is 6.96. The summed E-state index contributed by atoms with van der Waals surface area (Å²) in [5.74, 6) is -0.158. The third kappa shape index (κ3) is 4.34. The number of hydrogen-bond donors (Lipinski definition) is 1. The highest BCUT2D eigenvalue weighted by atomic mass is 35.5. The van der Waals surface area contributed by atoms with Gasteiger partial charge in [-0.05, 0) is 55.2 Å². The Morgan fingerprint density at radius 1 is 1.07 bits per heavy atom. The summed E-state index contributed by atoms with van der Waals surface area (Å²) in [5, 5.41) is 7.68. The molecule has 144 valence electrons. The Hall–Kier alpha value is -2.86. The van der Waals surface area contributed by atoms with Gasteiger partial charge in [-0.25, -0.2) is 9.67 Å². The molecule has 6 nitrogen and oxygen atoms in total. The standard InChI is InChI=1S/C21H22ClN5O/c22-19-12-18(8-9-20(19)26-10-2-1-3-11-26)25-21(28)17-6-4-16(5-7-17)13-27-15-23-14-24-27/h4-9,12,14-15H,1-3,10-11,13H2,(H,25,28). The fourth-order valence-electron chi connectivity index (χ4n) is 3.44. The lowest BCUT2D eigenvalue weighted by Crippen LogP contribution is -2.29. The molecular weight excluding hydrogens is 374 g/mol. The lowest BCUT2D eigenvalue weighted by atomic mass is 10.1. The second kappa shape index (κ2) is 8.44. The van der Waals surface area contributed by atoms with Crippen LogP contribution in [0.2, 0.25) is 5.02 Å². The molecule has 0 saturated carbocycles. The van der Waals surface area contributed by atoms with Crippen LogP contribution in [0.4, 0.5) is 11.4 Å². The first-order valence-electron chi connectivity index (χ1n) is 9.46. The number of rotatable bonds is 5. The number of hydrogen-bond acceptors (Lipinski definition) is 4. The Morgan fingerprint density at radius 3 is 2.54 bits per heavy atom. The molecule has 1 aliphatic rings. The molecule has 0 spiro atoms. The van der Waals surface area contributed by atoms with Gasteiger partial charge in [0.25, 0.3) is 5.91 Å². The van der Waals surface area contributed by atoms with E-state index in [0.29, 0.717) is 22.8 Å². The fourth-order valence-corrected chi connectivity index (χ4v) is 3.74. The number of piperidine rings is 1. The summed E-state index contributed by atoms with van der Waals surface area (Å²) < 4.78 is 1.74. The normalized spacial score (nSPS) is 14.1. The van der Waals surface area contributed by atoms with E-state index in [4.69, 9.17) is 11.6 Å². The van der Waals surface area contributed by atoms with E-state index in [1.807, 2.05) is 42.5 Å². The van der Waals surface area contributed by atoms with Gasteiger partial charge in [-0.15, -0.1) is 0 Å². The highest BCUT2D eigenvalue weighted by Crippen LogP contribution is 2.31. The summed E-state index contributed by atoms with van der Waals surface area (Å²) in [6.07, 6.45) is 6.84. The van der Waals surface area contributed by atoms with Gasteiger partial charge >= 0.3 is 0 Å². The number of carbonyl (C=O) groups is 1. The van der Waals surface area contributed by atoms with Gasteiger partial charge in [-0.1, -0.05) is 23.7 Å². The van der Waals surface area contributed by atoms with Crippen molar-refractivity contribution >= 4 is 28.9 Å². The van der Waals surface area contributed by atoms with Crippen molar-refractivity contribution < 1.29 is 4.79 Å². The zero-order valence-electron chi connectivity index (χ0n) is 15.5. The average Bonchev–Trinajstić information content (AvgIpc) is 3.22. The molecule has 3 aromatic rings. The van der Waals surface area contributed by atoms with Crippen LogP contribution < -0.4 is 10.2 Å². The van der Waals surface area contributed by atoms with Crippen molar-refractivity contribution in [1.82, 2.24) is 14.8 Å². The Labute approximate surface area is 169 Å². The van der Waals surface area contributed by atoms with Crippen molar-refractivity contribution in [3.8, 4) is 0 Å². The topological polar surface area (TPSA) is 63.1 Å². The minimum absolute atomic E-state index is 0.158. The van der Waals surface area contributed by atoms with E-state index in [2.05, 4.69) is 20.3 Å². The molecule has 1 saturated heterocycles. The highest BCUT2D eigenvalue weighted by Gasteiger charge is 2.15. The van der Waals surface area contributed by atoms with Crippen molar-refractivity contribution in [2.75, 3.05) is 23.3 Å². The van der Waals surface area contributed by atoms with Crippen LogP contribution >= 0.6 is 11.6 Å². The molecule has 0 aliphatic carbocycles. The van der Waals surface area contributed by atoms with E-state index in [9.17, 15) is 4.79 Å². The number of benzene rings is 2. The van der Waals surface area contributed by atoms with E-state index >= 15 is 0 Å². The molecule has 2 heterocycles.